The van der Waals surface area contributed by atoms with E-state index in [0.29, 0.717) is 26.3 Å². The van der Waals surface area contributed by atoms with E-state index in [9.17, 15) is 9.59 Å². The second-order valence-electron chi connectivity index (χ2n) is 4.66. The Hall–Kier alpha value is -1.75. The molecule has 0 aliphatic rings. The molecule has 7 heteroatoms. The third-order valence-electron chi connectivity index (χ3n) is 2.88. The highest BCUT2D eigenvalue weighted by Gasteiger charge is 2.12. The molecule has 4 nitrogen and oxygen atoms in total. The van der Waals surface area contributed by atoms with Crippen LogP contribution in [-0.4, -0.2) is 18.3 Å². The van der Waals surface area contributed by atoms with Crippen molar-refractivity contribution >= 4 is 52.2 Å². The van der Waals surface area contributed by atoms with E-state index >= 15 is 0 Å². The van der Waals surface area contributed by atoms with Gasteiger partial charge in [-0.25, -0.2) is 0 Å². The smallest absolute Gasteiger partial charge is 0.262 e. The first-order chi connectivity index (χ1) is 10.9. The Labute approximate surface area is 148 Å². The maximum absolute atomic E-state index is 11.9. The third-order valence-corrected chi connectivity index (χ3v) is 3.68. The standard InChI is InChI=1S/C16H12Cl3NO3/c1-9(21)12-6-10(17)3-5-15(12)23-8-16(22)20-14-7-11(18)2-4-13(14)19/h2-7H,8H2,1H3,(H,20,22). The number of ether oxygens (including phenoxy) is 1. The van der Waals surface area contributed by atoms with Gasteiger partial charge in [-0.15, -0.1) is 0 Å². The van der Waals surface area contributed by atoms with Crippen LogP contribution in [0.5, 0.6) is 5.75 Å². The molecule has 2 aromatic rings. The molecule has 0 aliphatic heterocycles. The molecule has 0 atom stereocenters. The summed E-state index contributed by atoms with van der Waals surface area (Å²) in [5, 5.41) is 3.81. The van der Waals surface area contributed by atoms with Crippen LogP contribution in [0.25, 0.3) is 0 Å². The summed E-state index contributed by atoms with van der Waals surface area (Å²) in [5.74, 6) is -0.353. The van der Waals surface area contributed by atoms with E-state index in [-0.39, 0.29) is 18.1 Å². The highest BCUT2D eigenvalue weighted by Crippen LogP contribution is 2.26. The molecule has 120 valence electrons. The summed E-state index contributed by atoms with van der Waals surface area (Å²) >= 11 is 17.7. The summed E-state index contributed by atoms with van der Waals surface area (Å²) in [6, 6.07) is 9.33. The Balaban J connectivity index is 2.05. The lowest BCUT2D eigenvalue weighted by molar-refractivity contribution is -0.118. The van der Waals surface area contributed by atoms with Gasteiger partial charge in [0.2, 0.25) is 0 Å². The number of carbonyl (C=O) groups excluding carboxylic acids is 2. The maximum atomic E-state index is 11.9. The molecule has 0 heterocycles. The fourth-order valence-electron chi connectivity index (χ4n) is 1.83. The number of benzene rings is 2. The third kappa shape index (κ3) is 4.86. The van der Waals surface area contributed by atoms with Gasteiger partial charge < -0.3 is 10.1 Å². The lowest BCUT2D eigenvalue weighted by atomic mass is 10.1. The zero-order valence-electron chi connectivity index (χ0n) is 12.0. The van der Waals surface area contributed by atoms with Crippen molar-refractivity contribution in [3.8, 4) is 5.75 Å². The van der Waals surface area contributed by atoms with E-state index in [1.54, 1.807) is 24.3 Å². The van der Waals surface area contributed by atoms with Crippen molar-refractivity contribution in [2.45, 2.75) is 6.92 Å². The van der Waals surface area contributed by atoms with Crippen molar-refractivity contribution in [2.24, 2.45) is 0 Å². The fraction of sp³-hybridized carbons (Fsp3) is 0.125. The van der Waals surface area contributed by atoms with Crippen molar-refractivity contribution in [3.63, 3.8) is 0 Å². The van der Waals surface area contributed by atoms with E-state index in [0.717, 1.165) is 0 Å². The monoisotopic (exact) mass is 371 g/mol. The first-order valence-corrected chi connectivity index (χ1v) is 7.68. The number of rotatable bonds is 5. The first-order valence-electron chi connectivity index (χ1n) is 6.55. The van der Waals surface area contributed by atoms with Crippen molar-refractivity contribution < 1.29 is 14.3 Å². The molecular formula is C16H12Cl3NO3. The zero-order chi connectivity index (χ0) is 17.0. The second-order valence-corrected chi connectivity index (χ2v) is 5.94. The Morgan fingerprint density at radius 2 is 1.70 bits per heavy atom. The summed E-state index contributed by atoms with van der Waals surface area (Å²) in [5.41, 5.74) is 0.696. The van der Waals surface area contributed by atoms with Gasteiger partial charge in [0.25, 0.3) is 5.91 Å². The highest BCUT2D eigenvalue weighted by atomic mass is 35.5. The van der Waals surface area contributed by atoms with E-state index in [2.05, 4.69) is 5.32 Å². The summed E-state index contributed by atoms with van der Waals surface area (Å²) < 4.78 is 5.39. The molecule has 0 aliphatic carbocycles. The first kappa shape index (κ1) is 17.6. The minimum atomic E-state index is -0.432. The van der Waals surface area contributed by atoms with Crippen LogP contribution in [-0.2, 0) is 4.79 Å². The van der Waals surface area contributed by atoms with Gasteiger partial charge in [-0.3, -0.25) is 9.59 Å². The number of hydrogen-bond acceptors (Lipinski definition) is 3. The van der Waals surface area contributed by atoms with Crippen LogP contribution in [0.3, 0.4) is 0 Å². The molecule has 0 saturated heterocycles. The number of Topliss-reactive ketones (excluding diaryl/α,β-unsaturated/α-hetero) is 1. The van der Waals surface area contributed by atoms with Crippen LogP contribution in [0.2, 0.25) is 15.1 Å². The predicted molar refractivity (Wildman–Crippen MR) is 92.0 cm³/mol. The quantitative estimate of drug-likeness (QED) is 0.762. The van der Waals surface area contributed by atoms with Crippen LogP contribution in [0.4, 0.5) is 5.69 Å². The largest absolute Gasteiger partial charge is 0.483 e. The zero-order valence-corrected chi connectivity index (χ0v) is 14.3. The molecule has 0 radical (unpaired) electrons. The van der Waals surface area contributed by atoms with Gasteiger partial charge in [0.15, 0.2) is 12.4 Å². The molecule has 1 amide bonds. The van der Waals surface area contributed by atoms with Crippen LogP contribution in [0.15, 0.2) is 36.4 Å². The molecule has 2 rings (SSSR count). The maximum Gasteiger partial charge on any atom is 0.262 e. The van der Waals surface area contributed by atoms with Gasteiger partial charge in [0, 0.05) is 10.0 Å². The average Bonchev–Trinajstić information content (AvgIpc) is 2.49. The summed E-state index contributed by atoms with van der Waals surface area (Å²) in [6.07, 6.45) is 0. The normalized spacial score (nSPS) is 10.3. The summed E-state index contributed by atoms with van der Waals surface area (Å²) in [4.78, 5) is 23.5. The van der Waals surface area contributed by atoms with E-state index < -0.39 is 5.91 Å². The molecule has 0 aromatic heterocycles. The second kappa shape index (κ2) is 7.68. The highest BCUT2D eigenvalue weighted by molar-refractivity contribution is 6.35. The van der Waals surface area contributed by atoms with Gasteiger partial charge in [-0.2, -0.15) is 0 Å². The number of ketones is 1. The van der Waals surface area contributed by atoms with Crippen molar-refractivity contribution in [1.29, 1.82) is 0 Å². The number of anilines is 1. The molecule has 2 aromatic carbocycles. The number of halogens is 3. The van der Waals surface area contributed by atoms with E-state index in [1.807, 2.05) is 0 Å². The molecule has 0 spiro atoms. The lowest BCUT2D eigenvalue weighted by Crippen LogP contribution is -2.21. The number of amides is 1. The number of nitrogens with one attached hydrogen (secondary N) is 1. The molecule has 0 fully saturated rings. The average molecular weight is 373 g/mol. The minimum absolute atomic E-state index is 0.208. The Bertz CT molecular complexity index is 762. The van der Waals surface area contributed by atoms with Gasteiger partial charge in [0.05, 0.1) is 16.3 Å². The lowest BCUT2D eigenvalue weighted by Gasteiger charge is -2.11. The SMILES string of the molecule is CC(=O)c1cc(Cl)ccc1OCC(=O)Nc1cc(Cl)ccc1Cl. The van der Waals surface area contributed by atoms with E-state index in [1.165, 1.54) is 19.1 Å². The van der Waals surface area contributed by atoms with Crippen molar-refractivity contribution in [3.05, 3.63) is 57.0 Å². The molecule has 0 saturated carbocycles. The predicted octanol–water partition coefficient (Wildman–Crippen LogP) is 4.87. The molecule has 0 bridgehead atoms. The van der Waals surface area contributed by atoms with Gasteiger partial charge in [0.1, 0.15) is 5.75 Å². The minimum Gasteiger partial charge on any atom is -0.483 e. The summed E-state index contributed by atoms with van der Waals surface area (Å²) in [6.45, 7) is 1.11. The molecule has 0 unspecified atom stereocenters. The topological polar surface area (TPSA) is 55.4 Å². The van der Waals surface area contributed by atoms with Crippen molar-refractivity contribution in [2.75, 3.05) is 11.9 Å². The van der Waals surface area contributed by atoms with Crippen LogP contribution < -0.4 is 10.1 Å². The Morgan fingerprint density at radius 3 is 2.39 bits per heavy atom. The van der Waals surface area contributed by atoms with E-state index in [4.69, 9.17) is 39.5 Å². The van der Waals surface area contributed by atoms with Gasteiger partial charge in [-0.1, -0.05) is 34.8 Å². The van der Waals surface area contributed by atoms with Gasteiger partial charge >= 0.3 is 0 Å². The van der Waals surface area contributed by atoms with Crippen LogP contribution in [0, 0.1) is 0 Å². The number of carbonyl (C=O) groups is 2. The Kier molecular flexibility index (Phi) is 5.88. The van der Waals surface area contributed by atoms with Crippen LogP contribution in [0.1, 0.15) is 17.3 Å². The Morgan fingerprint density at radius 1 is 1.04 bits per heavy atom. The summed E-state index contributed by atoms with van der Waals surface area (Å²) in [7, 11) is 0. The van der Waals surface area contributed by atoms with Crippen LogP contribution >= 0.6 is 34.8 Å². The molecule has 1 N–H and O–H groups in total. The fourth-order valence-corrected chi connectivity index (χ4v) is 2.34. The number of hydrogen-bond donors (Lipinski definition) is 1. The molecular weight excluding hydrogens is 361 g/mol. The van der Waals surface area contributed by atoms with Crippen molar-refractivity contribution in [1.82, 2.24) is 0 Å². The van der Waals surface area contributed by atoms with Gasteiger partial charge in [-0.05, 0) is 43.3 Å². The molecule has 23 heavy (non-hydrogen) atoms.